The van der Waals surface area contributed by atoms with Gasteiger partial charge < -0.3 is 15.7 Å². The van der Waals surface area contributed by atoms with Gasteiger partial charge in [0.1, 0.15) is 12.6 Å². The molecule has 0 aliphatic carbocycles. The molecule has 0 bridgehead atoms. The maximum Gasteiger partial charge on any atom is 0.325 e. The number of likely N-dealkylation sites (tertiary alicyclic amines) is 1. The van der Waals surface area contributed by atoms with Crippen molar-refractivity contribution in [1.29, 1.82) is 0 Å². The number of carboxylic acids is 1. The summed E-state index contributed by atoms with van der Waals surface area (Å²) in [6.45, 7) is 0.0533. The predicted molar refractivity (Wildman–Crippen MR) is 60.9 cm³/mol. The Hall–Kier alpha value is -2.45. The third-order valence-electron chi connectivity index (χ3n) is 2.90. The number of nitrogens with zero attached hydrogens (tertiary/aromatic N) is 4. The van der Waals surface area contributed by atoms with Gasteiger partial charge in [0.2, 0.25) is 5.91 Å². The number of carbonyl (C=O) groups is 3. The van der Waals surface area contributed by atoms with Gasteiger partial charge in [-0.15, -0.1) is 5.10 Å². The highest BCUT2D eigenvalue weighted by Crippen LogP contribution is 2.18. The molecule has 2 amide bonds. The summed E-state index contributed by atoms with van der Waals surface area (Å²) >= 11 is 0. The molecule has 0 aromatic carbocycles. The highest BCUT2D eigenvalue weighted by Gasteiger charge is 2.34. The Morgan fingerprint density at radius 1 is 1.47 bits per heavy atom. The SMILES string of the molecule is NC(=O)C1CCCN1C(=O)c1cn(CC(=O)O)nn1. The number of aliphatic carboxylic acids is 1. The van der Waals surface area contributed by atoms with E-state index in [4.69, 9.17) is 10.8 Å². The summed E-state index contributed by atoms with van der Waals surface area (Å²) in [6, 6.07) is -0.628. The lowest BCUT2D eigenvalue weighted by Gasteiger charge is -2.20. The first-order valence-electron chi connectivity index (χ1n) is 5.71. The molecule has 1 atom stereocenters. The molecular formula is C10H13N5O4. The highest BCUT2D eigenvalue weighted by molar-refractivity contribution is 5.96. The largest absolute Gasteiger partial charge is 0.480 e. The Labute approximate surface area is 108 Å². The lowest BCUT2D eigenvalue weighted by Crippen LogP contribution is -2.43. The second-order valence-corrected chi connectivity index (χ2v) is 4.25. The van der Waals surface area contributed by atoms with Crippen LogP contribution in [-0.4, -0.2) is 55.4 Å². The summed E-state index contributed by atoms with van der Waals surface area (Å²) in [5, 5.41) is 15.8. The minimum Gasteiger partial charge on any atom is -0.480 e. The number of nitrogens with two attached hydrogens (primary N) is 1. The van der Waals surface area contributed by atoms with E-state index in [-0.39, 0.29) is 12.2 Å². The predicted octanol–water partition coefficient (Wildman–Crippen LogP) is -1.55. The lowest BCUT2D eigenvalue weighted by atomic mass is 10.2. The molecule has 3 N–H and O–H groups in total. The van der Waals surface area contributed by atoms with Crippen molar-refractivity contribution in [2.75, 3.05) is 6.54 Å². The van der Waals surface area contributed by atoms with Crippen molar-refractivity contribution < 1.29 is 19.5 Å². The van der Waals surface area contributed by atoms with Crippen LogP contribution in [0.3, 0.4) is 0 Å². The number of carbonyl (C=O) groups excluding carboxylic acids is 2. The number of hydrogen-bond donors (Lipinski definition) is 2. The number of amides is 2. The van der Waals surface area contributed by atoms with E-state index in [1.807, 2.05) is 0 Å². The smallest absolute Gasteiger partial charge is 0.325 e. The van der Waals surface area contributed by atoms with Crippen LogP contribution in [0.15, 0.2) is 6.20 Å². The summed E-state index contributed by atoms with van der Waals surface area (Å²) in [4.78, 5) is 35.2. The quantitative estimate of drug-likeness (QED) is 0.679. The molecule has 9 nitrogen and oxygen atoms in total. The van der Waals surface area contributed by atoms with Crippen molar-refractivity contribution in [3.63, 3.8) is 0 Å². The van der Waals surface area contributed by atoms with Crippen LogP contribution in [0, 0.1) is 0 Å². The first-order valence-corrected chi connectivity index (χ1v) is 5.71. The van der Waals surface area contributed by atoms with E-state index in [2.05, 4.69) is 10.3 Å². The Balaban J connectivity index is 2.13. The van der Waals surface area contributed by atoms with Crippen molar-refractivity contribution in [3.8, 4) is 0 Å². The van der Waals surface area contributed by atoms with Gasteiger partial charge in [0.05, 0.1) is 6.20 Å². The third-order valence-corrected chi connectivity index (χ3v) is 2.90. The fourth-order valence-corrected chi connectivity index (χ4v) is 2.06. The maximum atomic E-state index is 12.1. The maximum absolute atomic E-state index is 12.1. The molecule has 1 aliphatic heterocycles. The molecule has 9 heteroatoms. The molecule has 0 saturated carbocycles. The fraction of sp³-hybridized carbons (Fsp3) is 0.500. The summed E-state index contributed by atoms with van der Waals surface area (Å²) in [5.74, 6) is -2.10. The van der Waals surface area contributed by atoms with Crippen molar-refractivity contribution in [3.05, 3.63) is 11.9 Å². The molecule has 2 heterocycles. The molecule has 102 valence electrons. The molecular weight excluding hydrogens is 254 g/mol. The van der Waals surface area contributed by atoms with E-state index in [9.17, 15) is 14.4 Å². The minimum atomic E-state index is -1.08. The third kappa shape index (κ3) is 2.69. The van der Waals surface area contributed by atoms with Crippen LogP contribution in [0.4, 0.5) is 0 Å². The van der Waals surface area contributed by atoms with E-state index < -0.39 is 23.8 Å². The Kier molecular flexibility index (Phi) is 3.45. The topological polar surface area (TPSA) is 131 Å². The van der Waals surface area contributed by atoms with Crippen LogP contribution in [-0.2, 0) is 16.1 Å². The van der Waals surface area contributed by atoms with Gasteiger partial charge in [-0.05, 0) is 12.8 Å². The van der Waals surface area contributed by atoms with Crippen LogP contribution >= 0.6 is 0 Å². The average molecular weight is 267 g/mol. The van der Waals surface area contributed by atoms with Crippen LogP contribution in [0.1, 0.15) is 23.3 Å². The van der Waals surface area contributed by atoms with E-state index >= 15 is 0 Å². The van der Waals surface area contributed by atoms with Gasteiger partial charge in [0, 0.05) is 6.54 Å². The number of hydrogen-bond acceptors (Lipinski definition) is 5. The van der Waals surface area contributed by atoms with Crippen LogP contribution < -0.4 is 5.73 Å². The van der Waals surface area contributed by atoms with Gasteiger partial charge in [0.15, 0.2) is 5.69 Å². The van der Waals surface area contributed by atoms with E-state index in [1.165, 1.54) is 11.1 Å². The first kappa shape index (κ1) is 13.0. The standard InChI is InChI=1S/C10H13N5O4/c11-9(18)7-2-1-3-15(7)10(19)6-4-14(13-12-6)5-8(16)17/h4,7H,1-3,5H2,(H2,11,18)(H,16,17). The van der Waals surface area contributed by atoms with Crippen molar-refractivity contribution in [1.82, 2.24) is 19.9 Å². The Morgan fingerprint density at radius 2 is 2.21 bits per heavy atom. The van der Waals surface area contributed by atoms with Crippen molar-refractivity contribution in [2.24, 2.45) is 5.73 Å². The fourth-order valence-electron chi connectivity index (χ4n) is 2.06. The molecule has 1 aromatic heterocycles. The molecule has 0 spiro atoms. The second-order valence-electron chi connectivity index (χ2n) is 4.25. The molecule has 1 saturated heterocycles. The zero-order chi connectivity index (χ0) is 14.0. The van der Waals surface area contributed by atoms with Gasteiger partial charge in [-0.2, -0.15) is 0 Å². The van der Waals surface area contributed by atoms with Gasteiger partial charge in [-0.3, -0.25) is 14.4 Å². The summed E-state index contributed by atoms with van der Waals surface area (Å²) < 4.78 is 1.05. The van der Waals surface area contributed by atoms with Gasteiger partial charge >= 0.3 is 5.97 Å². The molecule has 1 fully saturated rings. The van der Waals surface area contributed by atoms with Gasteiger partial charge in [-0.25, -0.2) is 4.68 Å². The Morgan fingerprint density at radius 3 is 2.84 bits per heavy atom. The van der Waals surface area contributed by atoms with Gasteiger partial charge in [0.25, 0.3) is 5.91 Å². The number of rotatable bonds is 4. The molecule has 1 aromatic rings. The van der Waals surface area contributed by atoms with Gasteiger partial charge in [-0.1, -0.05) is 5.21 Å². The minimum absolute atomic E-state index is 0.00870. The van der Waals surface area contributed by atoms with E-state index in [0.29, 0.717) is 19.4 Å². The number of primary amides is 1. The first-order chi connectivity index (χ1) is 8.99. The number of carboxylic acid groups (broad SMARTS) is 1. The lowest BCUT2D eigenvalue weighted by molar-refractivity contribution is -0.137. The normalized spacial score (nSPS) is 18.5. The second kappa shape index (κ2) is 5.04. The molecule has 19 heavy (non-hydrogen) atoms. The molecule has 1 aliphatic rings. The van der Waals surface area contributed by atoms with Crippen molar-refractivity contribution >= 4 is 17.8 Å². The van der Waals surface area contributed by atoms with E-state index in [1.54, 1.807) is 0 Å². The number of aromatic nitrogens is 3. The monoisotopic (exact) mass is 267 g/mol. The van der Waals surface area contributed by atoms with E-state index in [0.717, 1.165) is 4.68 Å². The van der Waals surface area contributed by atoms with Crippen LogP contribution in [0.25, 0.3) is 0 Å². The molecule has 1 unspecified atom stereocenters. The van der Waals surface area contributed by atoms with Crippen molar-refractivity contribution in [2.45, 2.75) is 25.4 Å². The molecule has 2 rings (SSSR count). The van der Waals surface area contributed by atoms with Crippen LogP contribution in [0.5, 0.6) is 0 Å². The summed E-state index contributed by atoms with van der Waals surface area (Å²) in [7, 11) is 0. The average Bonchev–Trinajstić information content (AvgIpc) is 2.94. The Bertz CT molecular complexity index is 526. The summed E-state index contributed by atoms with van der Waals surface area (Å²) in [6.07, 6.45) is 2.47. The zero-order valence-electron chi connectivity index (χ0n) is 10.0. The zero-order valence-corrected chi connectivity index (χ0v) is 10.0. The highest BCUT2D eigenvalue weighted by atomic mass is 16.4. The molecule has 0 radical (unpaired) electrons. The van der Waals surface area contributed by atoms with Crippen LogP contribution in [0.2, 0.25) is 0 Å². The summed E-state index contributed by atoms with van der Waals surface area (Å²) in [5.41, 5.74) is 5.23.